The zero-order chi connectivity index (χ0) is 5.11. The van der Waals surface area contributed by atoms with Crippen LogP contribution < -0.4 is 0 Å². The molecule has 1 aromatic rings. The number of halogens is 1. The van der Waals surface area contributed by atoms with Crippen LogP contribution in [0.3, 0.4) is 0 Å². The van der Waals surface area contributed by atoms with E-state index in [0.717, 1.165) is 0 Å². The third-order valence-corrected chi connectivity index (χ3v) is 0.916. The summed E-state index contributed by atoms with van der Waals surface area (Å²) in [5.74, 6) is 0. The van der Waals surface area contributed by atoms with Crippen molar-refractivity contribution >= 4 is 12.1 Å². The van der Waals surface area contributed by atoms with E-state index in [9.17, 15) is 3.89 Å². The van der Waals surface area contributed by atoms with E-state index in [2.05, 4.69) is 9.97 Å². The van der Waals surface area contributed by atoms with Gasteiger partial charge in [0.05, 0.1) is 0 Å². The van der Waals surface area contributed by atoms with Gasteiger partial charge in [-0.2, -0.15) is 3.89 Å². The highest BCUT2D eigenvalue weighted by Gasteiger charge is 1.88. The molecule has 4 heteroatoms. The lowest BCUT2D eigenvalue weighted by Crippen LogP contribution is -1.63. The number of nitrogens with zero attached hydrogens (tertiary/aromatic N) is 1. The van der Waals surface area contributed by atoms with E-state index < -0.39 is 0 Å². The minimum Gasteiger partial charge on any atom is -0.338 e. The first-order chi connectivity index (χ1) is 3.43. The second-order valence-corrected chi connectivity index (χ2v) is 1.51. The lowest BCUT2D eigenvalue weighted by Gasteiger charge is -1.74. The van der Waals surface area contributed by atoms with Gasteiger partial charge in [-0.3, -0.25) is 0 Å². The molecule has 0 amide bonds. The zero-order valence-electron chi connectivity index (χ0n) is 3.39. The van der Waals surface area contributed by atoms with Crippen LogP contribution in [-0.4, -0.2) is 9.97 Å². The molecule has 0 spiro atoms. The van der Waals surface area contributed by atoms with Gasteiger partial charge in [0.2, 0.25) is 0 Å². The number of aromatic nitrogens is 2. The predicted octanol–water partition coefficient (Wildman–Crippen LogP) is 1.39. The first-order valence-electron chi connectivity index (χ1n) is 1.71. The Balaban J connectivity index is 2.76. The van der Waals surface area contributed by atoms with Crippen molar-refractivity contribution in [2.24, 2.45) is 0 Å². The largest absolute Gasteiger partial charge is 0.338 e. The zero-order valence-corrected chi connectivity index (χ0v) is 4.20. The van der Waals surface area contributed by atoms with Crippen molar-refractivity contribution in [2.75, 3.05) is 0 Å². The summed E-state index contributed by atoms with van der Waals surface area (Å²) in [6.45, 7) is 0. The van der Waals surface area contributed by atoms with Crippen molar-refractivity contribution in [2.45, 2.75) is 5.16 Å². The molecule has 38 valence electrons. The fraction of sp³-hybridized carbons (Fsp3) is 0. The second kappa shape index (κ2) is 1.97. The summed E-state index contributed by atoms with van der Waals surface area (Å²) >= 11 is 0.109. The first kappa shape index (κ1) is 4.64. The SMILES string of the molecule is FSc1ncc[nH]1. The quantitative estimate of drug-likeness (QED) is 0.603. The summed E-state index contributed by atoms with van der Waals surface area (Å²) < 4.78 is 11.4. The van der Waals surface area contributed by atoms with Crippen LogP contribution in [0.25, 0.3) is 0 Å². The maximum Gasteiger partial charge on any atom is 0.198 e. The number of hydrogen-bond acceptors (Lipinski definition) is 2. The lowest BCUT2D eigenvalue weighted by atomic mass is 11.0. The number of nitrogens with one attached hydrogen (secondary N) is 1. The van der Waals surface area contributed by atoms with Crippen molar-refractivity contribution in [3.8, 4) is 0 Å². The van der Waals surface area contributed by atoms with Crippen LogP contribution in [0.5, 0.6) is 0 Å². The van der Waals surface area contributed by atoms with Crippen LogP contribution >= 0.6 is 12.1 Å². The maximum absolute atomic E-state index is 11.4. The van der Waals surface area contributed by atoms with Gasteiger partial charge in [-0.15, -0.1) is 0 Å². The van der Waals surface area contributed by atoms with Crippen LogP contribution in [0.1, 0.15) is 0 Å². The smallest absolute Gasteiger partial charge is 0.198 e. The molecular weight excluding hydrogens is 115 g/mol. The fourth-order valence-corrected chi connectivity index (χ4v) is 0.506. The standard InChI is InChI=1S/C3H3FN2S/c4-7-3-5-1-2-6-3/h1-2H,(H,5,6). The van der Waals surface area contributed by atoms with Crippen LogP contribution in [0, 0.1) is 0 Å². The van der Waals surface area contributed by atoms with Crippen molar-refractivity contribution in [1.29, 1.82) is 0 Å². The average molecular weight is 118 g/mol. The minimum atomic E-state index is 0.109. The Hall–Kier alpha value is -0.510. The average Bonchev–Trinajstić information content (AvgIpc) is 2.14. The summed E-state index contributed by atoms with van der Waals surface area (Å²) in [6, 6.07) is 0. The monoisotopic (exact) mass is 118 g/mol. The Labute approximate surface area is 44.4 Å². The van der Waals surface area contributed by atoms with Gasteiger partial charge in [0.15, 0.2) is 5.16 Å². The predicted molar refractivity (Wildman–Crippen MR) is 25.6 cm³/mol. The van der Waals surface area contributed by atoms with Gasteiger partial charge in [0.1, 0.15) is 12.1 Å². The Kier molecular flexibility index (Phi) is 1.31. The molecule has 0 saturated carbocycles. The molecule has 1 N–H and O–H groups in total. The Morgan fingerprint density at radius 2 is 2.71 bits per heavy atom. The van der Waals surface area contributed by atoms with Crippen LogP contribution in [-0.2, 0) is 0 Å². The van der Waals surface area contributed by atoms with Crippen molar-refractivity contribution in [3.05, 3.63) is 12.4 Å². The molecule has 2 nitrogen and oxygen atoms in total. The molecule has 0 aromatic carbocycles. The Bertz CT molecular complexity index is 127. The minimum absolute atomic E-state index is 0.109. The summed E-state index contributed by atoms with van der Waals surface area (Å²) in [7, 11) is 0. The molecule has 0 aliphatic rings. The molecule has 0 aliphatic heterocycles. The molecule has 0 bridgehead atoms. The van der Waals surface area contributed by atoms with Gasteiger partial charge in [-0.05, 0) is 0 Å². The highest BCUT2D eigenvalue weighted by Crippen LogP contribution is 2.10. The van der Waals surface area contributed by atoms with E-state index in [4.69, 9.17) is 0 Å². The van der Waals surface area contributed by atoms with E-state index in [1.54, 1.807) is 6.20 Å². The lowest BCUT2D eigenvalue weighted by molar-refractivity contribution is 0.903. The summed E-state index contributed by atoms with van der Waals surface area (Å²) in [5.41, 5.74) is 0. The summed E-state index contributed by atoms with van der Waals surface area (Å²) in [6.07, 6.45) is 3.07. The molecule has 0 aliphatic carbocycles. The van der Waals surface area contributed by atoms with Crippen LogP contribution in [0.4, 0.5) is 3.89 Å². The van der Waals surface area contributed by atoms with E-state index in [-0.39, 0.29) is 12.1 Å². The molecule has 0 fully saturated rings. The first-order valence-corrected chi connectivity index (χ1v) is 2.43. The van der Waals surface area contributed by atoms with Crippen molar-refractivity contribution in [3.63, 3.8) is 0 Å². The number of aromatic amines is 1. The van der Waals surface area contributed by atoms with Gasteiger partial charge in [-0.25, -0.2) is 4.98 Å². The molecule has 0 radical (unpaired) electrons. The van der Waals surface area contributed by atoms with E-state index in [1.165, 1.54) is 6.20 Å². The molecule has 1 rings (SSSR count). The normalized spacial score (nSPS) is 9.29. The molecule has 1 aromatic heterocycles. The van der Waals surface area contributed by atoms with E-state index in [0.29, 0.717) is 5.16 Å². The van der Waals surface area contributed by atoms with Crippen LogP contribution in [0.15, 0.2) is 17.6 Å². The number of hydrogen-bond donors (Lipinski definition) is 1. The van der Waals surface area contributed by atoms with E-state index in [1.807, 2.05) is 0 Å². The van der Waals surface area contributed by atoms with Gasteiger partial charge in [0.25, 0.3) is 0 Å². The Morgan fingerprint density at radius 1 is 1.86 bits per heavy atom. The third kappa shape index (κ3) is 0.928. The molecular formula is C3H3FN2S. The summed E-state index contributed by atoms with van der Waals surface area (Å²) in [4.78, 5) is 6.13. The number of rotatable bonds is 1. The molecule has 7 heavy (non-hydrogen) atoms. The highest BCUT2D eigenvalue weighted by molar-refractivity contribution is 7.94. The summed E-state index contributed by atoms with van der Waals surface area (Å²) in [5, 5.41) is 0.306. The second-order valence-electron chi connectivity index (χ2n) is 0.971. The molecule has 1 heterocycles. The topological polar surface area (TPSA) is 28.7 Å². The van der Waals surface area contributed by atoms with Crippen LogP contribution in [0.2, 0.25) is 0 Å². The third-order valence-electron chi connectivity index (χ3n) is 0.546. The molecule has 0 saturated heterocycles. The maximum atomic E-state index is 11.4. The van der Waals surface area contributed by atoms with Gasteiger partial charge < -0.3 is 4.98 Å². The Morgan fingerprint density at radius 3 is 3.00 bits per heavy atom. The van der Waals surface area contributed by atoms with Gasteiger partial charge in [-0.1, -0.05) is 0 Å². The van der Waals surface area contributed by atoms with Crippen molar-refractivity contribution < 1.29 is 3.89 Å². The van der Waals surface area contributed by atoms with Crippen molar-refractivity contribution in [1.82, 2.24) is 9.97 Å². The highest BCUT2D eigenvalue weighted by atomic mass is 32.2. The fourth-order valence-electron chi connectivity index (χ4n) is 0.293. The molecule has 0 atom stereocenters. The van der Waals surface area contributed by atoms with Gasteiger partial charge >= 0.3 is 0 Å². The molecule has 0 unspecified atom stereocenters. The number of H-pyrrole nitrogens is 1. The van der Waals surface area contributed by atoms with E-state index >= 15 is 0 Å². The number of imidazole rings is 1. The van der Waals surface area contributed by atoms with Gasteiger partial charge in [0, 0.05) is 12.4 Å².